The largest absolute Gasteiger partial charge is 0.350 e. The standard InChI is InChI=1S/C23H27N5/c1-2-8-14-20(13-7-1)25-23-26-22(17-24-27-23)28(21-15-9-4-10-16-21)18-19-11-5-3-6-12-19/h3-6,9-12,15-17,20H,1-2,7-8,13-14,18H2,(H,25,26,27). The first-order chi connectivity index (χ1) is 13.9. The number of nitrogens with zero attached hydrogens (tertiary/aromatic N) is 4. The van der Waals surface area contributed by atoms with Gasteiger partial charge in [-0.15, -0.1) is 5.10 Å². The fraction of sp³-hybridized carbons (Fsp3) is 0.348. The lowest BCUT2D eigenvalue weighted by Gasteiger charge is -2.24. The van der Waals surface area contributed by atoms with E-state index in [0.717, 1.165) is 18.1 Å². The second kappa shape index (κ2) is 9.31. The van der Waals surface area contributed by atoms with E-state index in [1.54, 1.807) is 6.20 Å². The molecular formula is C23H27N5. The lowest BCUT2D eigenvalue weighted by atomic mass is 10.1. The van der Waals surface area contributed by atoms with Gasteiger partial charge < -0.3 is 10.2 Å². The average molecular weight is 374 g/mol. The fourth-order valence-corrected chi connectivity index (χ4v) is 3.77. The first-order valence-electron chi connectivity index (χ1n) is 10.2. The zero-order valence-electron chi connectivity index (χ0n) is 16.2. The highest BCUT2D eigenvalue weighted by atomic mass is 15.3. The number of hydrogen-bond donors (Lipinski definition) is 1. The van der Waals surface area contributed by atoms with Crippen LogP contribution in [0.25, 0.3) is 0 Å². The number of para-hydroxylation sites is 1. The van der Waals surface area contributed by atoms with Gasteiger partial charge in [0, 0.05) is 18.3 Å². The van der Waals surface area contributed by atoms with Crippen molar-refractivity contribution in [2.24, 2.45) is 0 Å². The minimum absolute atomic E-state index is 0.443. The summed E-state index contributed by atoms with van der Waals surface area (Å²) in [7, 11) is 0. The van der Waals surface area contributed by atoms with Gasteiger partial charge in [-0.2, -0.15) is 10.1 Å². The van der Waals surface area contributed by atoms with Crippen LogP contribution in [0.1, 0.15) is 44.1 Å². The van der Waals surface area contributed by atoms with Crippen LogP contribution in [0, 0.1) is 0 Å². The Morgan fingerprint density at radius 3 is 2.25 bits per heavy atom. The van der Waals surface area contributed by atoms with Crippen molar-refractivity contribution in [1.29, 1.82) is 0 Å². The molecule has 28 heavy (non-hydrogen) atoms. The molecule has 0 atom stereocenters. The maximum Gasteiger partial charge on any atom is 0.244 e. The van der Waals surface area contributed by atoms with E-state index in [9.17, 15) is 0 Å². The smallest absolute Gasteiger partial charge is 0.244 e. The van der Waals surface area contributed by atoms with Gasteiger partial charge in [-0.05, 0) is 30.5 Å². The Kier molecular flexibility index (Phi) is 6.12. The molecule has 1 fully saturated rings. The number of rotatable bonds is 6. The second-order valence-electron chi connectivity index (χ2n) is 7.38. The summed E-state index contributed by atoms with van der Waals surface area (Å²) in [6, 6.07) is 21.2. The van der Waals surface area contributed by atoms with Crippen LogP contribution in [0.15, 0.2) is 66.9 Å². The van der Waals surface area contributed by atoms with Crippen LogP contribution in [0.4, 0.5) is 17.5 Å². The lowest BCUT2D eigenvalue weighted by molar-refractivity contribution is 0.612. The molecule has 5 nitrogen and oxygen atoms in total. The molecule has 5 heteroatoms. The van der Waals surface area contributed by atoms with Gasteiger partial charge in [0.05, 0.1) is 6.20 Å². The molecule has 2 aromatic carbocycles. The Morgan fingerprint density at radius 1 is 0.857 bits per heavy atom. The van der Waals surface area contributed by atoms with Crippen molar-refractivity contribution in [1.82, 2.24) is 15.2 Å². The van der Waals surface area contributed by atoms with E-state index in [1.807, 2.05) is 24.3 Å². The van der Waals surface area contributed by atoms with Gasteiger partial charge in [0.1, 0.15) is 0 Å². The van der Waals surface area contributed by atoms with E-state index in [1.165, 1.54) is 44.1 Å². The molecule has 0 radical (unpaired) electrons. The highest BCUT2D eigenvalue weighted by Gasteiger charge is 2.16. The van der Waals surface area contributed by atoms with Crippen LogP contribution in [-0.4, -0.2) is 21.2 Å². The number of nitrogens with one attached hydrogen (secondary N) is 1. The molecule has 1 aromatic heterocycles. The molecule has 0 aliphatic heterocycles. The summed E-state index contributed by atoms with van der Waals surface area (Å²) >= 11 is 0. The molecule has 1 N–H and O–H groups in total. The average Bonchev–Trinajstić information content (AvgIpc) is 3.02. The Morgan fingerprint density at radius 2 is 1.54 bits per heavy atom. The molecule has 0 spiro atoms. The molecule has 144 valence electrons. The van der Waals surface area contributed by atoms with Crippen molar-refractivity contribution >= 4 is 17.5 Å². The van der Waals surface area contributed by atoms with Crippen LogP contribution in [0.3, 0.4) is 0 Å². The first kappa shape index (κ1) is 18.4. The topological polar surface area (TPSA) is 53.9 Å². The van der Waals surface area contributed by atoms with Gasteiger partial charge in [-0.1, -0.05) is 74.2 Å². The minimum Gasteiger partial charge on any atom is -0.350 e. The Hall–Kier alpha value is -2.95. The third-order valence-electron chi connectivity index (χ3n) is 5.26. The second-order valence-corrected chi connectivity index (χ2v) is 7.38. The zero-order valence-corrected chi connectivity index (χ0v) is 16.2. The third-order valence-corrected chi connectivity index (χ3v) is 5.26. The molecule has 1 saturated carbocycles. The monoisotopic (exact) mass is 373 g/mol. The van der Waals surface area contributed by atoms with Crippen molar-refractivity contribution in [3.8, 4) is 0 Å². The molecule has 0 amide bonds. The molecule has 0 unspecified atom stereocenters. The number of anilines is 3. The quantitative estimate of drug-likeness (QED) is 0.591. The van der Waals surface area contributed by atoms with Gasteiger partial charge in [-0.25, -0.2) is 0 Å². The van der Waals surface area contributed by atoms with Crippen LogP contribution in [0.5, 0.6) is 0 Å². The van der Waals surface area contributed by atoms with Crippen molar-refractivity contribution in [3.05, 3.63) is 72.4 Å². The van der Waals surface area contributed by atoms with E-state index >= 15 is 0 Å². The van der Waals surface area contributed by atoms with Gasteiger partial charge in [0.2, 0.25) is 5.95 Å². The van der Waals surface area contributed by atoms with E-state index in [-0.39, 0.29) is 0 Å². The van der Waals surface area contributed by atoms with E-state index < -0.39 is 0 Å². The van der Waals surface area contributed by atoms with Crippen LogP contribution < -0.4 is 10.2 Å². The Labute approximate surface area is 166 Å². The summed E-state index contributed by atoms with van der Waals surface area (Å²) in [5.41, 5.74) is 2.32. The maximum atomic E-state index is 4.81. The first-order valence-corrected chi connectivity index (χ1v) is 10.2. The predicted molar refractivity (Wildman–Crippen MR) is 114 cm³/mol. The van der Waals surface area contributed by atoms with E-state index in [2.05, 4.69) is 56.8 Å². The van der Waals surface area contributed by atoms with Gasteiger partial charge in [0.15, 0.2) is 5.82 Å². The fourth-order valence-electron chi connectivity index (χ4n) is 3.77. The normalized spacial score (nSPS) is 15.0. The summed E-state index contributed by atoms with van der Waals surface area (Å²) in [6.07, 6.45) is 9.31. The van der Waals surface area contributed by atoms with Crippen LogP contribution in [-0.2, 0) is 6.54 Å². The molecule has 0 saturated heterocycles. The van der Waals surface area contributed by atoms with Crippen molar-refractivity contribution in [3.63, 3.8) is 0 Å². The number of hydrogen-bond acceptors (Lipinski definition) is 5. The Balaban J connectivity index is 1.59. The SMILES string of the molecule is c1ccc(CN(c2ccccc2)c2cnnc(NC3CCCCCC3)n2)cc1. The zero-order chi connectivity index (χ0) is 19.0. The van der Waals surface area contributed by atoms with Gasteiger partial charge >= 0.3 is 0 Å². The molecule has 1 aliphatic rings. The Bertz CT molecular complexity index is 845. The maximum absolute atomic E-state index is 4.81. The molecule has 0 bridgehead atoms. The van der Waals surface area contributed by atoms with Gasteiger partial charge in [0.25, 0.3) is 0 Å². The summed E-state index contributed by atoms with van der Waals surface area (Å²) < 4.78 is 0. The minimum atomic E-state index is 0.443. The van der Waals surface area contributed by atoms with Crippen molar-refractivity contribution in [2.75, 3.05) is 10.2 Å². The number of benzene rings is 2. The highest BCUT2D eigenvalue weighted by Crippen LogP contribution is 2.26. The summed E-state index contributed by atoms with van der Waals surface area (Å²) in [6.45, 7) is 0.729. The van der Waals surface area contributed by atoms with Crippen LogP contribution in [0.2, 0.25) is 0 Å². The number of aromatic nitrogens is 3. The lowest BCUT2D eigenvalue weighted by Crippen LogP contribution is -2.22. The van der Waals surface area contributed by atoms with E-state index in [0.29, 0.717) is 12.0 Å². The van der Waals surface area contributed by atoms with Crippen LogP contribution >= 0.6 is 0 Å². The van der Waals surface area contributed by atoms with Crippen molar-refractivity contribution in [2.45, 2.75) is 51.1 Å². The molecular weight excluding hydrogens is 346 g/mol. The molecule has 3 aromatic rings. The summed E-state index contributed by atoms with van der Waals surface area (Å²) in [4.78, 5) is 6.99. The van der Waals surface area contributed by atoms with Crippen molar-refractivity contribution < 1.29 is 0 Å². The highest BCUT2D eigenvalue weighted by molar-refractivity contribution is 5.60. The van der Waals surface area contributed by atoms with E-state index in [4.69, 9.17) is 4.98 Å². The predicted octanol–water partition coefficient (Wildman–Crippen LogP) is 5.34. The third kappa shape index (κ3) is 4.85. The van der Waals surface area contributed by atoms with Gasteiger partial charge in [-0.3, -0.25) is 0 Å². The molecule has 1 heterocycles. The summed E-state index contributed by atoms with van der Waals surface area (Å²) in [5, 5.41) is 12.0. The molecule has 4 rings (SSSR count). The summed E-state index contributed by atoms with van der Waals surface area (Å²) in [5.74, 6) is 1.43. The molecule has 1 aliphatic carbocycles.